The quantitative estimate of drug-likeness (QED) is 0.133. The minimum absolute atomic E-state index is 0.363. The molecule has 0 heterocycles. The standard InChI is InChI=1S/C22H26INO4/c1-4-5-6-7-8-9-10-18-11-13-19(14-12-18)20(27)15-22(16(2)25,21(23)28)24-17(3)26/h11-14H,4-8,15H2,1-3H3,(H,24,26). The van der Waals surface area contributed by atoms with Crippen LogP contribution >= 0.6 is 22.6 Å². The highest BCUT2D eigenvalue weighted by Crippen LogP contribution is 2.21. The maximum Gasteiger partial charge on any atom is 0.225 e. The number of amides is 1. The van der Waals surface area contributed by atoms with E-state index in [2.05, 4.69) is 24.1 Å². The molecule has 1 rings (SSSR count). The van der Waals surface area contributed by atoms with E-state index in [0.717, 1.165) is 18.4 Å². The Bertz CT molecular complexity index is 773. The zero-order valence-corrected chi connectivity index (χ0v) is 18.7. The van der Waals surface area contributed by atoms with Gasteiger partial charge in [-0.1, -0.05) is 50.2 Å². The molecule has 1 aromatic carbocycles. The van der Waals surface area contributed by atoms with Gasteiger partial charge in [0.1, 0.15) is 0 Å². The van der Waals surface area contributed by atoms with E-state index in [1.54, 1.807) is 24.3 Å². The SMILES string of the molecule is CCCCCCC#Cc1ccc(C(=O)CC(NC(C)=O)(C(C)=O)C(=O)I)cc1. The number of hydrogen-bond donors (Lipinski definition) is 1. The van der Waals surface area contributed by atoms with Gasteiger partial charge < -0.3 is 5.32 Å². The Morgan fingerprint density at radius 3 is 2.18 bits per heavy atom. The van der Waals surface area contributed by atoms with Crippen molar-refractivity contribution in [3.8, 4) is 11.8 Å². The Balaban J connectivity index is 2.86. The van der Waals surface area contributed by atoms with Crippen LogP contribution in [-0.4, -0.2) is 26.8 Å². The number of rotatable bonds is 10. The van der Waals surface area contributed by atoms with Crippen LogP contribution < -0.4 is 5.32 Å². The number of halogens is 1. The maximum atomic E-state index is 12.6. The maximum absolute atomic E-state index is 12.6. The molecular formula is C22H26INO4. The molecule has 0 aliphatic rings. The minimum atomic E-state index is -1.83. The van der Waals surface area contributed by atoms with E-state index in [1.807, 2.05) is 0 Å². The summed E-state index contributed by atoms with van der Waals surface area (Å²) >= 11 is 1.45. The molecule has 0 saturated carbocycles. The summed E-state index contributed by atoms with van der Waals surface area (Å²) in [5.41, 5.74) is -0.667. The largest absolute Gasteiger partial charge is 0.336 e. The van der Waals surface area contributed by atoms with Gasteiger partial charge in [0.05, 0.1) is 0 Å². The molecule has 0 fully saturated rings. The zero-order valence-electron chi connectivity index (χ0n) is 16.6. The Hall–Kier alpha value is -2.01. The first kappa shape index (κ1) is 24.0. The summed E-state index contributed by atoms with van der Waals surface area (Å²) < 4.78 is -0.591. The van der Waals surface area contributed by atoms with Gasteiger partial charge in [-0.15, -0.1) is 0 Å². The van der Waals surface area contributed by atoms with Gasteiger partial charge in [-0.3, -0.25) is 19.2 Å². The van der Waals surface area contributed by atoms with Crippen LogP contribution in [0.3, 0.4) is 0 Å². The van der Waals surface area contributed by atoms with Crippen LogP contribution in [0.1, 0.15) is 75.2 Å². The summed E-state index contributed by atoms with van der Waals surface area (Å²) in [6.07, 6.45) is 5.11. The third kappa shape index (κ3) is 7.19. The molecule has 1 N–H and O–H groups in total. The fourth-order valence-corrected chi connectivity index (χ4v) is 3.41. The molecule has 28 heavy (non-hydrogen) atoms. The molecule has 0 aliphatic heterocycles. The molecule has 150 valence electrons. The summed E-state index contributed by atoms with van der Waals surface area (Å²) in [7, 11) is 0. The lowest BCUT2D eigenvalue weighted by atomic mass is 9.88. The van der Waals surface area contributed by atoms with E-state index >= 15 is 0 Å². The minimum Gasteiger partial charge on any atom is -0.336 e. The highest BCUT2D eigenvalue weighted by atomic mass is 127. The number of carbonyl (C=O) groups is 4. The Morgan fingerprint density at radius 1 is 1.04 bits per heavy atom. The summed E-state index contributed by atoms with van der Waals surface area (Å²) in [5, 5.41) is 2.36. The smallest absolute Gasteiger partial charge is 0.225 e. The van der Waals surface area contributed by atoms with Crippen LogP contribution in [0, 0.1) is 11.8 Å². The molecule has 0 aliphatic carbocycles. The fourth-order valence-electron chi connectivity index (χ4n) is 2.70. The molecule has 0 aromatic heterocycles. The van der Waals surface area contributed by atoms with Crippen molar-refractivity contribution in [2.24, 2.45) is 0 Å². The Labute approximate surface area is 180 Å². The molecule has 0 spiro atoms. The van der Waals surface area contributed by atoms with Crippen molar-refractivity contribution in [3.05, 3.63) is 35.4 Å². The van der Waals surface area contributed by atoms with Gasteiger partial charge in [0.2, 0.25) is 9.70 Å². The average Bonchev–Trinajstić information content (AvgIpc) is 2.63. The highest BCUT2D eigenvalue weighted by molar-refractivity contribution is 14.1. The Morgan fingerprint density at radius 2 is 1.68 bits per heavy atom. The van der Waals surface area contributed by atoms with Gasteiger partial charge in [0.15, 0.2) is 17.1 Å². The molecule has 0 radical (unpaired) electrons. The van der Waals surface area contributed by atoms with Crippen LogP contribution in [0.25, 0.3) is 0 Å². The molecule has 0 saturated heterocycles. The van der Waals surface area contributed by atoms with Crippen LogP contribution in [0.4, 0.5) is 0 Å². The molecule has 6 heteroatoms. The number of benzene rings is 1. The van der Waals surface area contributed by atoms with Crippen molar-refractivity contribution in [1.29, 1.82) is 0 Å². The van der Waals surface area contributed by atoms with E-state index in [9.17, 15) is 19.2 Å². The van der Waals surface area contributed by atoms with Crippen LogP contribution in [0.2, 0.25) is 0 Å². The van der Waals surface area contributed by atoms with E-state index in [4.69, 9.17) is 0 Å². The van der Waals surface area contributed by atoms with Crippen LogP contribution in [-0.2, 0) is 14.4 Å². The first-order chi connectivity index (χ1) is 13.2. The Kier molecular flexibility index (Phi) is 10.1. The molecular weight excluding hydrogens is 469 g/mol. The van der Waals surface area contributed by atoms with E-state index in [0.29, 0.717) is 5.56 Å². The average molecular weight is 495 g/mol. The van der Waals surface area contributed by atoms with Gasteiger partial charge in [0, 0.05) is 53.5 Å². The van der Waals surface area contributed by atoms with Gasteiger partial charge in [0.25, 0.3) is 0 Å². The van der Waals surface area contributed by atoms with Crippen molar-refractivity contribution in [2.75, 3.05) is 0 Å². The third-order valence-electron chi connectivity index (χ3n) is 4.35. The predicted molar refractivity (Wildman–Crippen MR) is 117 cm³/mol. The van der Waals surface area contributed by atoms with Gasteiger partial charge in [-0.05, 0) is 25.5 Å². The molecule has 1 atom stereocenters. The topological polar surface area (TPSA) is 80.3 Å². The van der Waals surface area contributed by atoms with Crippen molar-refractivity contribution in [2.45, 2.75) is 64.8 Å². The van der Waals surface area contributed by atoms with Gasteiger partial charge in [-0.25, -0.2) is 0 Å². The van der Waals surface area contributed by atoms with Crippen LogP contribution in [0.5, 0.6) is 0 Å². The van der Waals surface area contributed by atoms with Gasteiger partial charge >= 0.3 is 0 Å². The lowest BCUT2D eigenvalue weighted by Gasteiger charge is -2.27. The van der Waals surface area contributed by atoms with Crippen molar-refractivity contribution >= 4 is 43.9 Å². The first-order valence-corrected chi connectivity index (χ1v) is 10.4. The molecule has 5 nitrogen and oxygen atoms in total. The number of carbonyl (C=O) groups excluding carboxylic acids is 4. The van der Waals surface area contributed by atoms with Crippen molar-refractivity contribution < 1.29 is 19.2 Å². The number of nitrogens with one attached hydrogen (secondary N) is 1. The molecule has 1 amide bonds. The van der Waals surface area contributed by atoms with E-state index in [1.165, 1.54) is 55.7 Å². The van der Waals surface area contributed by atoms with E-state index < -0.39 is 33.2 Å². The highest BCUT2D eigenvalue weighted by Gasteiger charge is 2.44. The molecule has 1 aromatic rings. The monoisotopic (exact) mass is 495 g/mol. The summed E-state index contributed by atoms with van der Waals surface area (Å²) in [4.78, 5) is 48.2. The lowest BCUT2D eigenvalue weighted by Crippen LogP contribution is -2.58. The summed E-state index contributed by atoms with van der Waals surface area (Å²) in [6, 6.07) is 6.73. The lowest BCUT2D eigenvalue weighted by molar-refractivity contribution is -0.135. The van der Waals surface area contributed by atoms with E-state index in [-0.39, 0.29) is 0 Å². The van der Waals surface area contributed by atoms with Crippen molar-refractivity contribution in [1.82, 2.24) is 5.32 Å². The third-order valence-corrected chi connectivity index (χ3v) is 5.27. The second-order valence-electron chi connectivity index (χ2n) is 6.71. The molecule has 0 bridgehead atoms. The second-order valence-corrected chi connectivity index (χ2v) is 7.69. The number of ketones is 2. The fraction of sp³-hybridized carbons (Fsp3) is 0.455. The predicted octanol–water partition coefficient (Wildman–Crippen LogP) is 4.01. The normalized spacial score (nSPS) is 12.3. The van der Waals surface area contributed by atoms with Crippen LogP contribution in [0.15, 0.2) is 24.3 Å². The summed E-state index contributed by atoms with van der Waals surface area (Å²) in [6.45, 7) is 4.57. The van der Waals surface area contributed by atoms with Crippen molar-refractivity contribution in [3.63, 3.8) is 0 Å². The molecule has 1 unspecified atom stereocenters. The number of unbranched alkanes of at least 4 members (excludes halogenated alkanes) is 4. The zero-order chi connectivity index (χ0) is 21.2. The van der Waals surface area contributed by atoms with Gasteiger partial charge in [-0.2, -0.15) is 0 Å². The number of hydrogen-bond acceptors (Lipinski definition) is 4. The second kappa shape index (κ2) is 11.7. The number of Topliss-reactive ketones (excluding diaryl/α,β-unsaturated/α-hetero) is 2. The first-order valence-electron chi connectivity index (χ1n) is 9.34. The summed E-state index contributed by atoms with van der Waals surface area (Å²) in [5.74, 6) is 4.69.